The Balaban J connectivity index is 2.79. The fraction of sp³-hybridized carbons (Fsp3) is 0.692. The average molecular weight is 250 g/mol. The Morgan fingerprint density at radius 1 is 1.41 bits per heavy atom. The lowest BCUT2D eigenvalue weighted by Gasteiger charge is -2.23. The van der Waals surface area contributed by atoms with Gasteiger partial charge in [0.1, 0.15) is 6.17 Å². The van der Waals surface area contributed by atoms with Crippen LogP contribution in [0.15, 0.2) is 23.3 Å². The summed E-state index contributed by atoms with van der Waals surface area (Å²) in [4.78, 5) is 0. The van der Waals surface area contributed by atoms with Gasteiger partial charge in [0.25, 0.3) is 0 Å². The molecule has 0 aromatic carbocycles. The van der Waals surface area contributed by atoms with Gasteiger partial charge in [0, 0.05) is 6.42 Å². The van der Waals surface area contributed by atoms with Gasteiger partial charge in [-0.25, -0.2) is 4.39 Å². The molecule has 1 aliphatic carbocycles. The van der Waals surface area contributed by atoms with Crippen LogP contribution in [0, 0.1) is 5.92 Å². The molecule has 17 heavy (non-hydrogen) atoms. The summed E-state index contributed by atoms with van der Waals surface area (Å²) in [7, 11) is 0. The van der Waals surface area contributed by atoms with E-state index in [1.165, 1.54) is 0 Å². The van der Waals surface area contributed by atoms with E-state index >= 15 is 0 Å². The number of hydrogen-bond acceptors (Lipinski definition) is 0. The fourth-order valence-electron chi connectivity index (χ4n) is 1.98. The highest BCUT2D eigenvalue weighted by atomic mass is 19.4. The zero-order valence-electron chi connectivity index (χ0n) is 10.1. The maximum Gasteiger partial charge on any atom is 0.415 e. The maximum atomic E-state index is 13.2. The van der Waals surface area contributed by atoms with Crippen molar-refractivity contribution in [3.8, 4) is 0 Å². The molecule has 0 heterocycles. The molecule has 0 amide bonds. The first-order valence-electron chi connectivity index (χ1n) is 5.99. The highest BCUT2D eigenvalue weighted by Gasteiger charge is 2.40. The summed E-state index contributed by atoms with van der Waals surface area (Å²) in [5, 5.41) is 0. The van der Waals surface area contributed by atoms with E-state index in [1.54, 1.807) is 6.08 Å². The first kappa shape index (κ1) is 14.3. The minimum atomic E-state index is -4.55. The number of unbranched alkanes of at least 4 members (excludes halogenated alkanes) is 1. The van der Waals surface area contributed by atoms with Gasteiger partial charge in [-0.3, -0.25) is 0 Å². The second-order valence-corrected chi connectivity index (χ2v) is 4.55. The van der Waals surface area contributed by atoms with Crippen LogP contribution in [0.25, 0.3) is 0 Å². The van der Waals surface area contributed by atoms with E-state index in [-0.39, 0.29) is 12.3 Å². The van der Waals surface area contributed by atoms with E-state index < -0.39 is 17.9 Å². The van der Waals surface area contributed by atoms with Crippen LogP contribution in [0.4, 0.5) is 17.6 Å². The first-order valence-corrected chi connectivity index (χ1v) is 5.99. The Bertz CT molecular complexity index is 312. The van der Waals surface area contributed by atoms with Gasteiger partial charge in [-0.1, -0.05) is 32.8 Å². The highest BCUT2D eigenvalue weighted by molar-refractivity contribution is 5.34. The number of hydrogen-bond donors (Lipinski definition) is 0. The van der Waals surface area contributed by atoms with E-state index in [2.05, 4.69) is 0 Å². The Labute approximate surface area is 99.4 Å². The lowest BCUT2D eigenvalue weighted by atomic mass is 9.88. The molecule has 0 aromatic rings. The largest absolute Gasteiger partial charge is 0.415 e. The van der Waals surface area contributed by atoms with Crippen LogP contribution >= 0.6 is 0 Å². The summed E-state index contributed by atoms with van der Waals surface area (Å²) in [6.45, 7) is 3.93. The molecule has 0 aromatic heterocycles. The SMILES string of the molecule is CCCCC(C)C1=CCC(F)C(C(F)(F)F)=C1. The molecule has 0 saturated heterocycles. The first-order chi connectivity index (χ1) is 7.86. The molecule has 98 valence electrons. The zero-order valence-corrected chi connectivity index (χ0v) is 10.1. The van der Waals surface area contributed by atoms with E-state index in [0.717, 1.165) is 25.3 Å². The Kier molecular flexibility index (Phi) is 4.78. The molecule has 2 unspecified atom stereocenters. The van der Waals surface area contributed by atoms with E-state index in [0.29, 0.717) is 5.57 Å². The van der Waals surface area contributed by atoms with Crippen molar-refractivity contribution in [2.75, 3.05) is 0 Å². The van der Waals surface area contributed by atoms with Gasteiger partial charge < -0.3 is 0 Å². The van der Waals surface area contributed by atoms with Crippen LogP contribution < -0.4 is 0 Å². The minimum absolute atomic E-state index is 0.0693. The standard InChI is InChI=1S/C13H18F4/c1-3-4-5-9(2)10-6-7-12(14)11(8-10)13(15,16)17/h6,8-9,12H,3-5,7H2,1-2H3. The molecule has 1 rings (SSSR count). The third kappa shape index (κ3) is 3.86. The molecule has 2 atom stereocenters. The Morgan fingerprint density at radius 2 is 2.06 bits per heavy atom. The molecule has 0 saturated carbocycles. The van der Waals surface area contributed by atoms with Crippen molar-refractivity contribution in [3.63, 3.8) is 0 Å². The molecule has 4 heteroatoms. The van der Waals surface area contributed by atoms with Crippen LogP contribution in [0.5, 0.6) is 0 Å². The van der Waals surface area contributed by atoms with Gasteiger partial charge in [0.15, 0.2) is 0 Å². The van der Waals surface area contributed by atoms with Crippen molar-refractivity contribution >= 4 is 0 Å². The van der Waals surface area contributed by atoms with Crippen molar-refractivity contribution in [2.45, 2.75) is 51.9 Å². The number of rotatable bonds is 4. The molecule has 1 aliphatic rings. The van der Waals surface area contributed by atoms with Crippen molar-refractivity contribution in [2.24, 2.45) is 5.92 Å². The van der Waals surface area contributed by atoms with Crippen LogP contribution in [-0.4, -0.2) is 12.3 Å². The van der Waals surface area contributed by atoms with Crippen LogP contribution in [-0.2, 0) is 0 Å². The normalized spacial score (nSPS) is 23.1. The molecule has 0 radical (unpaired) electrons. The van der Waals surface area contributed by atoms with Gasteiger partial charge in [-0.05, 0) is 24.0 Å². The summed E-state index contributed by atoms with van der Waals surface area (Å²) < 4.78 is 50.8. The van der Waals surface area contributed by atoms with E-state index in [9.17, 15) is 17.6 Å². The van der Waals surface area contributed by atoms with Gasteiger partial charge in [0.2, 0.25) is 0 Å². The van der Waals surface area contributed by atoms with Gasteiger partial charge in [-0.15, -0.1) is 0 Å². The molecule has 0 N–H and O–H groups in total. The Hall–Kier alpha value is -0.800. The highest BCUT2D eigenvalue weighted by Crippen LogP contribution is 2.37. The fourth-order valence-corrected chi connectivity index (χ4v) is 1.98. The maximum absolute atomic E-state index is 13.2. The average Bonchev–Trinajstić information content (AvgIpc) is 2.25. The molecule has 0 spiro atoms. The van der Waals surface area contributed by atoms with Gasteiger partial charge in [0.05, 0.1) is 5.57 Å². The summed E-state index contributed by atoms with van der Waals surface area (Å²) in [6.07, 6.45) is -1.18. The summed E-state index contributed by atoms with van der Waals surface area (Å²) in [5.74, 6) is 0.0693. The summed E-state index contributed by atoms with van der Waals surface area (Å²) >= 11 is 0. The molecule has 0 bridgehead atoms. The van der Waals surface area contributed by atoms with Crippen molar-refractivity contribution in [3.05, 3.63) is 23.3 Å². The zero-order chi connectivity index (χ0) is 13.1. The topological polar surface area (TPSA) is 0 Å². The van der Waals surface area contributed by atoms with Gasteiger partial charge >= 0.3 is 6.18 Å². The lowest BCUT2D eigenvalue weighted by Crippen LogP contribution is -2.23. The van der Waals surface area contributed by atoms with Crippen molar-refractivity contribution < 1.29 is 17.6 Å². The second kappa shape index (κ2) is 5.69. The summed E-state index contributed by atoms with van der Waals surface area (Å²) in [5.41, 5.74) is -0.405. The van der Waals surface area contributed by atoms with Crippen LogP contribution in [0.1, 0.15) is 39.5 Å². The molecular weight excluding hydrogens is 232 g/mol. The van der Waals surface area contributed by atoms with Crippen molar-refractivity contribution in [1.29, 1.82) is 0 Å². The van der Waals surface area contributed by atoms with E-state index in [4.69, 9.17) is 0 Å². The Morgan fingerprint density at radius 3 is 2.59 bits per heavy atom. The molecule has 0 aliphatic heterocycles. The van der Waals surface area contributed by atoms with Crippen molar-refractivity contribution in [1.82, 2.24) is 0 Å². The number of allylic oxidation sites excluding steroid dienone is 4. The molecule has 0 fully saturated rings. The molecule has 0 nitrogen and oxygen atoms in total. The second-order valence-electron chi connectivity index (χ2n) is 4.55. The number of alkyl halides is 4. The minimum Gasteiger partial charge on any atom is -0.242 e. The quantitative estimate of drug-likeness (QED) is 0.618. The molecular formula is C13H18F4. The smallest absolute Gasteiger partial charge is 0.242 e. The lowest BCUT2D eigenvalue weighted by molar-refractivity contribution is -0.101. The van der Waals surface area contributed by atoms with E-state index in [1.807, 2.05) is 13.8 Å². The monoisotopic (exact) mass is 250 g/mol. The van der Waals surface area contributed by atoms with Crippen LogP contribution in [0.3, 0.4) is 0 Å². The number of halogens is 4. The summed E-state index contributed by atoms with van der Waals surface area (Å²) in [6, 6.07) is 0. The third-order valence-electron chi connectivity index (χ3n) is 3.11. The van der Waals surface area contributed by atoms with Gasteiger partial charge in [-0.2, -0.15) is 13.2 Å². The predicted octanol–water partition coefficient (Wildman–Crippen LogP) is 4.97. The third-order valence-corrected chi connectivity index (χ3v) is 3.11. The van der Waals surface area contributed by atoms with Crippen LogP contribution in [0.2, 0.25) is 0 Å². The predicted molar refractivity (Wildman–Crippen MR) is 60.4 cm³/mol.